The van der Waals surface area contributed by atoms with E-state index in [4.69, 9.17) is 4.74 Å². The summed E-state index contributed by atoms with van der Waals surface area (Å²) in [6, 6.07) is 10.8. The van der Waals surface area contributed by atoms with E-state index in [1.165, 1.54) is 70.0 Å². The van der Waals surface area contributed by atoms with Crippen molar-refractivity contribution in [2.45, 2.75) is 69.6 Å². The van der Waals surface area contributed by atoms with Crippen molar-refractivity contribution in [2.24, 2.45) is 17.8 Å². The number of ether oxygens (including phenoxy) is 1. The highest BCUT2D eigenvalue weighted by atomic mass is 16.5. The Kier molecular flexibility index (Phi) is 4.82. The van der Waals surface area contributed by atoms with Crippen LogP contribution in [0.1, 0.15) is 56.9 Å². The molecule has 5 aliphatic rings. The first-order valence-electron chi connectivity index (χ1n) is 11.3. The van der Waals surface area contributed by atoms with Gasteiger partial charge in [0, 0.05) is 18.4 Å². The lowest BCUT2D eigenvalue weighted by Gasteiger charge is -2.56. The Morgan fingerprint density at radius 1 is 0.963 bits per heavy atom. The van der Waals surface area contributed by atoms with Gasteiger partial charge in [0.15, 0.2) is 0 Å². The second-order valence-electron chi connectivity index (χ2n) is 10.4. The van der Waals surface area contributed by atoms with Gasteiger partial charge in [-0.25, -0.2) is 0 Å². The van der Waals surface area contributed by atoms with Crippen LogP contribution < -0.4 is 0 Å². The molecule has 148 valence electrons. The lowest BCUT2D eigenvalue weighted by atomic mass is 9.54. The van der Waals surface area contributed by atoms with Crippen LogP contribution in [0.5, 0.6) is 0 Å². The average Bonchev–Trinajstić information content (AvgIpc) is 3.08. The van der Waals surface area contributed by atoms with Crippen molar-refractivity contribution < 1.29 is 14.3 Å². The predicted molar refractivity (Wildman–Crippen MR) is 107 cm³/mol. The van der Waals surface area contributed by atoms with Crippen LogP contribution in [0, 0.1) is 17.8 Å². The molecule has 4 saturated carbocycles. The number of hydrogen-bond donors (Lipinski definition) is 1. The molecule has 0 aromatic heterocycles. The van der Waals surface area contributed by atoms with Crippen LogP contribution >= 0.6 is 0 Å². The Morgan fingerprint density at radius 2 is 1.56 bits per heavy atom. The van der Waals surface area contributed by atoms with Gasteiger partial charge >= 0.3 is 0 Å². The highest BCUT2D eigenvalue weighted by molar-refractivity contribution is 5.13. The maximum Gasteiger partial charge on any atom is 0.126 e. The predicted octanol–water partition coefficient (Wildman–Crippen LogP) is 4.14. The van der Waals surface area contributed by atoms with Crippen LogP contribution in [0.25, 0.3) is 0 Å². The molecule has 1 aromatic carbocycles. The highest BCUT2D eigenvalue weighted by Crippen LogP contribution is 2.57. The molecule has 1 aliphatic heterocycles. The fraction of sp³-hybridized carbons (Fsp3) is 0.750. The molecule has 3 heteroatoms. The van der Waals surface area contributed by atoms with Crippen LogP contribution in [0.3, 0.4) is 0 Å². The molecular formula is C24H36NO2+. The number of quaternary nitrogens is 1. The van der Waals surface area contributed by atoms with Crippen LogP contribution in [-0.2, 0) is 11.3 Å². The van der Waals surface area contributed by atoms with Gasteiger partial charge in [-0.1, -0.05) is 30.3 Å². The Balaban J connectivity index is 1.20. The minimum atomic E-state index is -0.334. The Bertz CT molecular complexity index is 602. The van der Waals surface area contributed by atoms with E-state index in [0.717, 1.165) is 35.3 Å². The van der Waals surface area contributed by atoms with Crippen LogP contribution in [0.2, 0.25) is 0 Å². The molecule has 5 fully saturated rings. The molecule has 4 aliphatic carbocycles. The molecule has 1 saturated heterocycles. The Hall–Kier alpha value is -0.900. The second kappa shape index (κ2) is 7.17. The summed E-state index contributed by atoms with van der Waals surface area (Å²) < 4.78 is 7.59. The number of benzene rings is 1. The molecular weight excluding hydrogens is 334 g/mol. The summed E-state index contributed by atoms with van der Waals surface area (Å²) >= 11 is 0. The number of likely N-dealkylation sites (tertiary alicyclic amines) is 1. The van der Waals surface area contributed by atoms with E-state index in [0.29, 0.717) is 6.61 Å². The first kappa shape index (κ1) is 18.1. The molecule has 1 aromatic rings. The fourth-order valence-corrected chi connectivity index (χ4v) is 7.36. The zero-order valence-electron chi connectivity index (χ0n) is 16.7. The smallest absolute Gasteiger partial charge is 0.126 e. The van der Waals surface area contributed by atoms with E-state index < -0.39 is 0 Å². The molecule has 0 unspecified atom stereocenters. The maximum absolute atomic E-state index is 10.9. The number of rotatable bonds is 7. The summed E-state index contributed by atoms with van der Waals surface area (Å²) in [6.45, 7) is 4.84. The molecule has 6 rings (SSSR count). The molecule has 0 radical (unpaired) electrons. The first-order valence-corrected chi connectivity index (χ1v) is 11.3. The molecule has 0 amide bonds. The number of aliphatic hydroxyl groups is 1. The second-order valence-corrected chi connectivity index (χ2v) is 10.4. The fourth-order valence-electron chi connectivity index (χ4n) is 7.36. The molecule has 3 nitrogen and oxygen atoms in total. The van der Waals surface area contributed by atoms with Gasteiger partial charge in [0.2, 0.25) is 0 Å². The normalized spacial score (nSPS) is 37.6. The lowest BCUT2D eigenvalue weighted by molar-refractivity contribution is -0.932. The van der Waals surface area contributed by atoms with Gasteiger partial charge < -0.3 is 14.3 Å². The van der Waals surface area contributed by atoms with Crippen LogP contribution in [-0.4, -0.2) is 47.5 Å². The van der Waals surface area contributed by atoms with Crippen molar-refractivity contribution in [3.8, 4) is 0 Å². The molecule has 1 heterocycles. The minimum Gasteiger partial charge on any atom is -0.385 e. The summed E-state index contributed by atoms with van der Waals surface area (Å²) in [4.78, 5) is 0. The molecule has 4 bridgehead atoms. The summed E-state index contributed by atoms with van der Waals surface area (Å²) in [6.07, 6.45) is 10.4. The molecule has 1 atom stereocenters. The summed E-state index contributed by atoms with van der Waals surface area (Å²) in [5, 5.41) is 10.9. The van der Waals surface area contributed by atoms with Crippen LogP contribution in [0.15, 0.2) is 30.3 Å². The molecule has 1 N–H and O–H groups in total. The van der Waals surface area contributed by atoms with E-state index in [1.54, 1.807) is 0 Å². The highest BCUT2D eigenvalue weighted by Gasteiger charge is 2.52. The van der Waals surface area contributed by atoms with Gasteiger partial charge in [0.1, 0.15) is 19.2 Å². The van der Waals surface area contributed by atoms with Crippen molar-refractivity contribution in [1.29, 1.82) is 0 Å². The quantitative estimate of drug-likeness (QED) is 0.731. The van der Waals surface area contributed by atoms with E-state index in [9.17, 15) is 5.11 Å². The largest absolute Gasteiger partial charge is 0.385 e. The zero-order valence-corrected chi connectivity index (χ0v) is 16.7. The molecule has 27 heavy (non-hydrogen) atoms. The minimum absolute atomic E-state index is 0.116. The van der Waals surface area contributed by atoms with Crippen molar-refractivity contribution in [3.05, 3.63) is 35.9 Å². The van der Waals surface area contributed by atoms with E-state index in [1.807, 2.05) is 0 Å². The van der Waals surface area contributed by atoms with Crippen molar-refractivity contribution >= 4 is 0 Å². The SMILES string of the molecule is O[C@@H](COC12CC3CC(CC(C3)C1)C2)C[N+]1(Cc2ccccc2)CCCC1. The Labute approximate surface area is 164 Å². The Morgan fingerprint density at radius 3 is 2.15 bits per heavy atom. The average molecular weight is 371 g/mol. The van der Waals surface area contributed by atoms with Gasteiger partial charge in [-0.15, -0.1) is 0 Å². The van der Waals surface area contributed by atoms with Crippen LogP contribution in [0.4, 0.5) is 0 Å². The third kappa shape index (κ3) is 3.83. The van der Waals surface area contributed by atoms with Gasteiger partial charge in [0.25, 0.3) is 0 Å². The monoisotopic (exact) mass is 370 g/mol. The van der Waals surface area contributed by atoms with Gasteiger partial charge in [-0.05, 0) is 56.3 Å². The summed E-state index contributed by atoms with van der Waals surface area (Å²) in [5.74, 6) is 2.72. The number of nitrogens with zero attached hydrogens (tertiary/aromatic N) is 1. The maximum atomic E-state index is 10.9. The van der Waals surface area contributed by atoms with Crippen molar-refractivity contribution in [2.75, 3.05) is 26.2 Å². The molecule has 0 spiro atoms. The number of aliphatic hydroxyl groups excluding tert-OH is 1. The van der Waals surface area contributed by atoms with Gasteiger partial charge in [-0.2, -0.15) is 0 Å². The lowest BCUT2D eigenvalue weighted by Crippen LogP contribution is -2.54. The third-order valence-corrected chi connectivity index (χ3v) is 8.04. The van der Waals surface area contributed by atoms with Crippen molar-refractivity contribution in [1.82, 2.24) is 0 Å². The van der Waals surface area contributed by atoms with E-state index in [2.05, 4.69) is 30.3 Å². The number of hydrogen-bond acceptors (Lipinski definition) is 2. The first-order chi connectivity index (χ1) is 13.1. The van der Waals surface area contributed by atoms with Crippen molar-refractivity contribution in [3.63, 3.8) is 0 Å². The summed E-state index contributed by atoms with van der Waals surface area (Å²) in [5.41, 5.74) is 1.51. The van der Waals surface area contributed by atoms with E-state index in [-0.39, 0.29) is 11.7 Å². The van der Waals surface area contributed by atoms with E-state index >= 15 is 0 Å². The summed E-state index contributed by atoms with van der Waals surface area (Å²) in [7, 11) is 0. The van der Waals surface area contributed by atoms with Gasteiger partial charge in [-0.3, -0.25) is 0 Å². The third-order valence-electron chi connectivity index (χ3n) is 8.04. The standard InChI is InChI=1S/C24H36NO2/c26-23(17-25(8-4-5-9-25)16-19-6-2-1-3-7-19)18-27-24-13-20-10-21(14-24)12-22(11-20)15-24/h1-3,6-7,20-23,26H,4-5,8-18H2/q+1/t20?,21?,22?,23-,24?/m1/s1. The topological polar surface area (TPSA) is 29.5 Å². The van der Waals surface area contributed by atoms with Gasteiger partial charge in [0.05, 0.1) is 25.3 Å². The zero-order chi connectivity index (χ0) is 18.3.